The number of hydrogen-bond acceptors (Lipinski definition) is 5. The van der Waals surface area contributed by atoms with E-state index in [-0.39, 0.29) is 11.7 Å². The summed E-state index contributed by atoms with van der Waals surface area (Å²) < 4.78 is 10.6. The number of carbonyl (C=O) groups is 2. The lowest BCUT2D eigenvalue weighted by Crippen LogP contribution is -2.49. The van der Waals surface area contributed by atoms with Gasteiger partial charge in [0.05, 0.1) is 25.5 Å². The first-order chi connectivity index (χ1) is 11.1. The standard InChI is InChI=1S/C17H14N2O4/c1-22-9-7-12-14(13(8-9)23-2)15(20)17(18-12)11-6-4-3-5-10(11)16(21)19-17/h3-8,18H,1-2H3,(H,19,21). The summed E-state index contributed by atoms with van der Waals surface area (Å²) in [5.74, 6) is 0.452. The number of nitrogens with one attached hydrogen (secondary N) is 2. The fourth-order valence-electron chi connectivity index (χ4n) is 3.24. The molecule has 1 unspecified atom stereocenters. The fourth-order valence-corrected chi connectivity index (χ4v) is 3.24. The molecular weight excluding hydrogens is 296 g/mol. The van der Waals surface area contributed by atoms with Gasteiger partial charge >= 0.3 is 0 Å². The lowest BCUT2D eigenvalue weighted by atomic mass is 9.94. The van der Waals surface area contributed by atoms with Crippen molar-refractivity contribution < 1.29 is 19.1 Å². The van der Waals surface area contributed by atoms with Gasteiger partial charge in [-0.15, -0.1) is 0 Å². The van der Waals surface area contributed by atoms with E-state index in [1.54, 1.807) is 43.5 Å². The van der Waals surface area contributed by atoms with Crippen LogP contribution in [0.4, 0.5) is 5.69 Å². The van der Waals surface area contributed by atoms with E-state index >= 15 is 0 Å². The minimum atomic E-state index is -1.28. The van der Waals surface area contributed by atoms with Crippen LogP contribution < -0.4 is 20.1 Å². The molecule has 0 aliphatic carbocycles. The Labute approximate surface area is 132 Å². The summed E-state index contributed by atoms with van der Waals surface area (Å²) in [5.41, 5.74) is 0.808. The molecule has 0 radical (unpaired) electrons. The van der Waals surface area contributed by atoms with Crippen LogP contribution in [0.25, 0.3) is 0 Å². The van der Waals surface area contributed by atoms with E-state index in [9.17, 15) is 9.59 Å². The van der Waals surface area contributed by atoms with Crippen LogP contribution in [-0.4, -0.2) is 25.9 Å². The number of amides is 1. The molecule has 23 heavy (non-hydrogen) atoms. The van der Waals surface area contributed by atoms with Crippen LogP contribution in [0.15, 0.2) is 36.4 Å². The Bertz CT molecular complexity index is 862. The molecule has 6 heteroatoms. The maximum absolute atomic E-state index is 13.1. The Morgan fingerprint density at radius 2 is 1.78 bits per heavy atom. The highest BCUT2D eigenvalue weighted by Gasteiger charge is 2.54. The van der Waals surface area contributed by atoms with Crippen molar-refractivity contribution in [3.05, 3.63) is 53.1 Å². The molecule has 6 nitrogen and oxygen atoms in total. The smallest absolute Gasteiger partial charge is 0.254 e. The van der Waals surface area contributed by atoms with Gasteiger partial charge in [-0.05, 0) is 6.07 Å². The average Bonchev–Trinajstić information content (AvgIpc) is 3.02. The third-order valence-electron chi connectivity index (χ3n) is 4.30. The van der Waals surface area contributed by atoms with Gasteiger partial charge in [0.15, 0.2) is 0 Å². The van der Waals surface area contributed by atoms with Crippen LogP contribution in [0.2, 0.25) is 0 Å². The molecule has 0 saturated carbocycles. The first-order valence-electron chi connectivity index (χ1n) is 7.12. The normalized spacial score (nSPS) is 20.8. The van der Waals surface area contributed by atoms with Crippen LogP contribution in [0, 0.1) is 0 Å². The van der Waals surface area contributed by atoms with Crippen LogP contribution >= 0.6 is 0 Å². The van der Waals surface area contributed by atoms with Gasteiger partial charge in [0.25, 0.3) is 5.91 Å². The van der Waals surface area contributed by atoms with Crippen molar-refractivity contribution in [1.82, 2.24) is 5.32 Å². The summed E-state index contributed by atoms with van der Waals surface area (Å²) in [7, 11) is 3.04. The van der Waals surface area contributed by atoms with Crippen LogP contribution in [-0.2, 0) is 5.66 Å². The van der Waals surface area contributed by atoms with Gasteiger partial charge < -0.3 is 20.1 Å². The second kappa shape index (κ2) is 4.49. The van der Waals surface area contributed by atoms with E-state index in [1.165, 1.54) is 7.11 Å². The summed E-state index contributed by atoms with van der Waals surface area (Å²) in [5, 5.41) is 5.94. The molecule has 2 heterocycles. The summed E-state index contributed by atoms with van der Waals surface area (Å²) in [6.07, 6.45) is 0. The van der Waals surface area contributed by atoms with Crippen molar-refractivity contribution in [3.8, 4) is 11.5 Å². The van der Waals surface area contributed by atoms with Crippen molar-refractivity contribution in [2.45, 2.75) is 5.66 Å². The number of rotatable bonds is 2. The van der Waals surface area contributed by atoms with E-state index in [0.29, 0.717) is 33.9 Å². The molecule has 2 aliphatic rings. The fraction of sp³-hybridized carbons (Fsp3) is 0.176. The number of hydrogen-bond donors (Lipinski definition) is 2. The molecule has 2 N–H and O–H groups in total. The zero-order chi connectivity index (χ0) is 16.2. The zero-order valence-electron chi connectivity index (χ0n) is 12.6. The van der Waals surface area contributed by atoms with Crippen LogP contribution in [0.1, 0.15) is 26.3 Å². The molecule has 0 aromatic heterocycles. The van der Waals surface area contributed by atoms with Gasteiger partial charge in [-0.25, -0.2) is 0 Å². The first-order valence-corrected chi connectivity index (χ1v) is 7.12. The number of methoxy groups -OCH3 is 2. The molecule has 116 valence electrons. The van der Waals surface area contributed by atoms with E-state index in [0.717, 1.165) is 0 Å². The summed E-state index contributed by atoms with van der Waals surface area (Å²) in [4.78, 5) is 25.4. The first kappa shape index (κ1) is 13.6. The maximum atomic E-state index is 13.1. The van der Waals surface area contributed by atoms with Crippen molar-refractivity contribution in [3.63, 3.8) is 0 Å². The van der Waals surface area contributed by atoms with Gasteiger partial charge in [0, 0.05) is 23.3 Å². The topological polar surface area (TPSA) is 76.7 Å². The Morgan fingerprint density at radius 1 is 1.00 bits per heavy atom. The van der Waals surface area contributed by atoms with E-state index in [1.807, 2.05) is 0 Å². The molecule has 2 aliphatic heterocycles. The lowest BCUT2D eigenvalue weighted by molar-refractivity contribution is 0.0830. The van der Waals surface area contributed by atoms with Crippen molar-refractivity contribution >= 4 is 17.4 Å². The quantitative estimate of drug-likeness (QED) is 0.886. The molecule has 1 spiro atoms. The SMILES string of the molecule is COc1cc2c(c(OC)c1)C(=O)C1(NC(=O)c3ccccc31)N2. The molecule has 0 fully saturated rings. The zero-order valence-corrected chi connectivity index (χ0v) is 12.6. The second-order valence-corrected chi connectivity index (χ2v) is 5.46. The Kier molecular flexibility index (Phi) is 2.66. The third-order valence-corrected chi connectivity index (χ3v) is 4.30. The molecule has 2 aromatic rings. The van der Waals surface area contributed by atoms with Crippen molar-refractivity contribution in [2.75, 3.05) is 19.5 Å². The Balaban J connectivity index is 1.93. The van der Waals surface area contributed by atoms with Crippen molar-refractivity contribution in [1.29, 1.82) is 0 Å². The monoisotopic (exact) mass is 310 g/mol. The number of benzene rings is 2. The molecule has 4 rings (SSSR count). The highest BCUT2D eigenvalue weighted by Crippen LogP contribution is 2.46. The van der Waals surface area contributed by atoms with Gasteiger partial charge in [-0.3, -0.25) is 9.59 Å². The molecule has 0 bridgehead atoms. The van der Waals surface area contributed by atoms with Gasteiger partial charge in [0.1, 0.15) is 11.5 Å². The number of ketones is 1. The lowest BCUT2D eigenvalue weighted by Gasteiger charge is -2.24. The Hall–Kier alpha value is -3.02. The molecule has 2 aromatic carbocycles. The predicted molar refractivity (Wildman–Crippen MR) is 83.1 cm³/mol. The molecule has 1 atom stereocenters. The summed E-state index contributed by atoms with van der Waals surface area (Å²) in [6, 6.07) is 10.4. The minimum absolute atomic E-state index is 0.245. The number of carbonyl (C=O) groups excluding carboxylic acids is 2. The van der Waals surface area contributed by atoms with Gasteiger partial charge in [-0.2, -0.15) is 0 Å². The van der Waals surface area contributed by atoms with E-state index < -0.39 is 5.66 Å². The van der Waals surface area contributed by atoms with E-state index in [2.05, 4.69) is 10.6 Å². The third kappa shape index (κ3) is 1.63. The minimum Gasteiger partial charge on any atom is -0.497 e. The maximum Gasteiger partial charge on any atom is 0.254 e. The van der Waals surface area contributed by atoms with E-state index in [4.69, 9.17) is 9.47 Å². The van der Waals surface area contributed by atoms with Gasteiger partial charge in [-0.1, -0.05) is 18.2 Å². The molecular formula is C17H14N2O4. The number of ether oxygens (including phenoxy) is 2. The summed E-state index contributed by atoms with van der Waals surface area (Å²) >= 11 is 0. The number of fused-ring (bicyclic) bond motifs is 3. The highest BCUT2D eigenvalue weighted by atomic mass is 16.5. The number of Topliss-reactive ketones (excluding diaryl/α,β-unsaturated/α-hetero) is 1. The van der Waals surface area contributed by atoms with Crippen LogP contribution in [0.5, 0.6) is 11.5 Å². The largest absolute Gasteiger partial charge is 0.497 e. The highest BCUT2D eigenvalue weighted by molar-refractivity contribution is 6.20. The molecule has 1 amide bonds. The predicted octanol–water partition coefficient (Wildman–Crippen LogP) is 1.91. The Morgan fingerprint density at radius 3 is 2.52 bits per heavy atom. The second-order valence-electron chi connectivity index (χ2n) is 5.46. The number of anilines is 1. The van der Waals surface area contributed by atoms with Crippen molar-refractivity contribution in [2.24, 2.45) is 0 Å². The van der Waals surface area contributed by atoms with Crippen LogP contribution in [0.3, 0.4) is 0 Å². The summed E-state index contributed by atoms with van der Waals surface area (Å²) in [6.45, 7) is 0. The molecule has 0 saturated heterocycles. The van der Waals surface area contributed by atoms with Gasteiger partial charge in [0.2, 0.25) is 11.4 Å². The average molecular weight is 310 g/mol.